The summed E-state index contributed by atoms with van der Waals surface area (Å²) in [7, 11) is 0. The van der Waals surface area contributed by atoms with Crippen LogP contribution in [0.25, 0.3) is 6.08 Å². The van der Waals surface area contributed by atoms with Crippen LogP contribution < -0.4 is 9.47 Å². The van der Waals surface area contributed by atoms with Crippen LogP contribution in [0.2, 0.25) is 0 Å². The highest BCUT2D eigenvalue weighted by Gasteiger charge is 2.09. The van der Waals surface area contributed by atoms with E-state index in [4.69, 9.17) is 9.47 Å². The molecule has 0 spiro atoms. The van der Waals surface area contributed by atoms with Gasteiger partial charge in [0.15, 0.2) is 0 Å². The van der Waals surface area contributed by atoms with Crippen molar-refractivity contribution in [3.8, 4) is 11.5 Å². The number of hydrogen-bond donors (Lipinski definition) is 0. The van der Waals surface area contributed by atoms with E-state index in [1.165, 1.54) is 6.08 Å². The van der Waals surface area contributed by atoms with Gasteiger partial charge in [-0.3, -0.25) is 0 Å². The van der Waals surface area contributed by atoms with Gasteiger partial charge in [-0.05, 0) is 68.3 Å². The van der Waals surface area contributed by atoms with Gasteiger partial charge in [0.25, 0.3) is 0 Å². The highest BCUT2D eigenvalue weighted by molar-refractivity contribution is 9.10. The molecule has 0 bridgehead atoms. The van der Waals surface area contributed by atoms with Gasteiger partial charge < -0.3 is 9.47 Å². The third kappa shape index (κ3) is 4.95. The Morgan fingerprint density at radius 3 is 2.38 bits per heavy atom. The lowest BCUT2D eigenvalue weighted by molar-refractivity contribution is -0.129. The van der Waals surface area contributed by atoms with Crippen molar-refractivity contribution in [1.82, 2.24) is 0 Å². The second kappa shape index (κ2) is 8.49. The first-order valence-electron chi connectivity index (χ1n) is 7.49. The molecule has 0 saturated heterocycles. The molecule has 0 unspecified atom stereocenters. The van der Waals surface area contributed by atoms with Crippen LogP contribution in [-0.4, -0.2) is 12.6 Å². The van der Waals surface area contributed by atoms with Crippen LogP contribution in [0.3, 0.4) is 0 Å². The Morgan fingerprint density at radius 1 is 1.08 bits per heavy atom. The molecule has 2 aromatic rings. The standard InChI is InChI=1S/C19H18Br2O3/c1-4-23-17-7-6-15(20)11-14(17)5-8-18(22)24-19-12(2)9-16(21)10-13(19)3/h5-11H,4H2,1-3H3/b8-5+. The number of esters is 1. The minimum atomic E-state index is -0.425. The molecule has 2 aromatic carbocycles. The maximum absolute atomic E-state index is 12.2. The zero-order valence-corrected chi connectivity index (χ0v) is 16.9. The van der Waals surface area contributed by atoms with Gasteiger partial charge in [-0.1, -0.05) is 31.9 Å². The first kappa shape index (κ1) is 18.7. The summed E-state index contributed by atoms with van der Waals surface area (Å²) in [5, 5.41) is 0. The fourth-order valence-corrected chi connectivity index (χ4v) is 3.35. The normalized spacial score (nSPS) is 10.9. The van der Waals surface area contributed by atoms with E-state index in [1.54, 1.807) is 6.08 Å². The van der Waals surface area contributed by atoms with Crippen LogP contribution in [0.5, 0.6) is 11.5 Å². The summed E-state index contributed by atoms with van der Waals surface area (Å²) < 4.78 is 12.9. The number of carbonyl (C=O) groups is 1. The molecule has 0 fully saturated rings. The second-order valence-corrected chi connectivity index (χ2v) is 7.07. The molecule has 3 nitrogen and oxygen atoms in total. The Bertz CT molecular complexity index is 759. The van der Waals surface area contributed by atoms with Crippen molar-refractivity contribution in [2.45, 2.75) is 20.8 Å². The van der Waals surface area contributed by atoms with Crippen molar-refractivity contribution in [2.24, 2.45) is 0 Å². The first-order chi connectivity index (χ1) is 11.4. The summed E-state index contributed by atoms with van der Waals surface area (Å²) in [5.74, 6) is 0.888. The van der Waals surface area contributed by atoms with Gasteiger partial charge in [0.1, 0.15) is 11.5 Å². The summed E-state index contributed by atoms with van der Waals surface area (Å²) in [6.07, 6.45) is 3.10. The molecule has 0 heterocycles. The van der Waals surface area contributed by atoms with Crippen LogP contribution in [0.4, 0.5) is 0 Å². The first-order valence-corrected chi connectivity index (χ1v) is 9.08. The average molecular weight is 454 g/mol. The second-order valence-electron chi connectivity index (χ2n) is 5.24. The number of ether oxygens (including phenoxy) is 2. The Kier molecular flexibility index (Phi) is 6.63. The van der Waals surface area contributed by atoms with E-state index in [9.17, 15) is 4.79 Å². The van der Waals surface area contributed by atoms with Gasteiger partial charge >= 0.3 is 5.97 Å². The summed E-state index contributed by atoms with van der Waals surface area (Å²) in [4.78, 5) is 12.2. The Morgan fingerprint density at radius 2 is 1.75 bits per heavy atom. The predicted octanol–water partition coefficient (Wildman–Crippen LogP) is 5.85. The number of halogens is 2. The molecule has 5 heteroatoms. The zero-order valence-electron chi connectivity index (χ0n) is 13.7. The number of carbonyl (C=O) groups excluding carboxylic acids is 1. The Hall–Kier alpha value is -1.59. The van der Waals surface area contributed by atoms with E-state index >= 15 is 0 Å². The van der Waals surface area contributed by atoms with Gasteiger partial charge in [0, 0.05) is 20.6 Å². The van der Waals surface area contributed by atoms with E-state index in [0.29, 0.717) is 12.4 Å². The fraction of sp³-hybridized carbons (Fsp3) is 0.211. The lowest BCUT2D eigenvalue weighted by atomic mass is 10.1. The monoisotopic (exact) mass is 452 g/mol. The summed E-state index contributed by atoms with van der Waals surface area (Å²) in [6, 6.07) is 9.49. The molecule has 0 aliphatic carbocycles. The van der Waals surface area contributed by atoms with Crippen molar-refractivity contribution in [3.63, 3.8) is 0 Å². The molecule has 0 atom stereocenters. The van der Waals surface area contributed by atoms with Crippen LogP contribution in [-0.2, 0) is 4.79 Å². The van der Waals surface area contributed by atoms with Crippen molar-refractivity contribution < 1.29 is 14.3 Å². The Balaban J connectivity index is 2.18. The molecule has 0 amide bonds. The van der Waals surface area contributed by atoms with Gasteiger partial charge in [0.05, 0.1) is 6.61 Å². The van der Waals surface area contributed by atoms with E-state index in [1.807, 2.05) is 51.1 Å². The molecule has 0 aliphatic heterocycles. The SMILES string of the molecule is CCOc1ccc(Br)cc1/C=C/C(=O)Oc1c(C)cc(Br)cc1C. The maximum Gasteiger partial charge on any atom is 0.336 e. The predicted molar refractivity (Wildman–Crippen MR) is 104 cm³/mol. The molecule has 0 aliphatic rings. The van der Waals surface area contributed by atoms with Crippen LogP contribution in [0.1, 0.15) is 23.6 Å². The molecule has 0 aromatic heterocycles. The lowest BCUT2D eigenvalue weighted by Crippen LogP contribution is -2.06. The van der Waals surface area contributed by atoms with Gasteiger partial charge in [0.2, 0.25) is 0 Å². The Labute approximate surface area is 158 Å². The van der Waals surface area contributed by atoms with E-state index in [0.717, 1.165) is 31.4 Å². The molecule has 0 saturated carbocycles. The van der Waals surface area contributed by atoms with Crippen LogP contribution >= 0.6 is 31.9 Å². The van der Waals surface area contributed by atoms with E-state index in [-0.39, 0.29) is 0 Å². The third-order valence-electron chi connectivity index (χ3n) is 3.30. The van der Waals surface area contributed by atoms with Crippen molar-refractivity contribution in [3.05, 3.63) is 62.0 Å². The number of rotatable bonds is 5. The topological polar surface area (TPSA) is 35.5 Å². The molecule has 24 heavy (non-hydrogen) atoms. The van der Waals surface area contributed by atoms with Crippen molar-refractivity contribution in [2.75, 3.05) is 6.61 Å². The van der Waals surface area contributed by atoms with Crippen LogP contribution in [0.15, 0.2) is 45.4 Å². The van der Waals surface area contributed by atoms with Gasteiger partial charge in [-0.25, -0.2) is 4.79 Å². The zero-order chi connectivity index (χ0) is 17.7. The minimum Gasteiger partial charge on any atom is -0.493 e. The summed E-state index contributed by atoms with van der Waals surface area (Å²) in [6.45, 7) is 6.30. The van der Waals surface area contributed by atoms with Gasteiger partial charge in [-0.15, -0.1) is 0 Å². The quantitative estimate of drug-likeness (QED) is 0.323. The molecule has 126 valence electrons. The summed E-state index contributed by atoms with van der Waals surface area (Å²) >= 11 is 6.86. The number of hydrogen-bond acceptors (Lipinski definition) is 3. The van der Waals surface area contributed by atoms with Crippen molar-refractivity contribution >= 4 is 43.9 Å². The maximum atomic E-state index is 12.2. The van der Waals surface area contributed by atoms with E-state index < -0.39 is 5.97 Å². The molecule has 2 rings (SSSR count). The van der Waals surface area contributed by atoms with Crippen LogP contribution in [0, 0.1) is 13.8 Å². The average Bonchev–Trinajstić information content (AvgIpc) is 2.51. The highest BCUT2D eigenvalue weighted by atomic mass is 79.9. The minimum absolute atomic E-state index is 0.425. The molecule has 0 N–H and O–H groups in total. The van der Waals surface area contributed by atoms with E-state index in [2.05, 4.69) is 31.9 Å². The molecule has 0 radical (unpaired) electrons. The largest absolute Gasteiger partial charge is 0.493 e. The third-order valence-corrected chi connectivity index (χ3v) is 4.25. The molecular weight excluding hydrogens is 436 g/mol. The number of benzene rings is 2. The highest BCUT2D eigenvalue weighted by Crippen LogP contribution is 2.28. The number of aryl methyl sites for hydroxylation is 2. The van der Waals surface area contributed by atoms with Crippen molar-refractivity contribution in [1.29, 1.82) is 0 Å². The lowest BCUT2D eigenvalue weighted by Gasteiger charge is -2.10. The fourth-order valence-electron chi connectivity index (χ4n) is 2.29. The summed E-state index contributed by atoms with van der Waals surface area (Å²) in [5.41, 5.74) is 2.62. The molecular formula is C19H18Br2O3. The smallest absolute Gasteiger partial charge is 0.336 e. The van der Waals surface area contributed by atoms with Gasteiger partial charge in [-0.2, -0.15) is 0 Å².